The van der Waals surface area contributed by atoms with Crippen LogP contribution in [0.4, 0.5) is 22.1 Å². The van der Waals surface area contributed by atoms with E-state index in [1.165, 1.54) is 12.5 Å². The number of carbonyl (C=O) groups excluding carboxylic acids is 1. The standard InChI is InChI=1S/C20H19N3O5S/c1-4-6-14(5-2)22-9-10-28-17-8-7-13(11-16(17)22)21-18-15(20(24)27-3)12-29-19(18)23(25)26/h4-8,11-12,21H,1-2,9-10H2,3H3/b14-6+. The number of hydrogen-bond acceptors (Lipinski definition) is 8. The van der Waals surface area contributed by atoms with E-state index < -0.39 is 10.9 Å². The second-order valence-electron chi connectivity index (χ2n) is 5.92. The lowest BCUT2D eigenvalue weighted by Gasteiger charge is -2.32. The van der Waals surface area contributed by atoms with Gasteiger partial charge in [-0.05, 0) is 30.4 Å². The summed E-state index contributed by atoms with van der Waals surface area (Å²) in [4.78, 5) is 24.9. The Bertz CT molecular complexity index is 1010. The molecule has 2 aromatic rings. The number of anilines is 3. The van der Waals surface area contributed by atoms with Crippen LogP contribution in [0, 0.1) is 10.1 Å². The van der Waals surface area contributed by atoms with Crippen molar-refractivity contribution in [1.82, 2.24) is 0 Å². The van der Waals surface area contributed by atoms with Crippen molar-refractivity contribution in [3.8, 4) is 5.75 Å². The van der Waals surface area contributed by atoms with Gasteiger partial charge in [-0.2, -0.15) is 0 Å². The van der Waals surface area contributed by atoms with Crippen molar-refractivity contribution >= 4 is 39.4 Å². The van der Waals surface area contributed by atoms with E-state index in [4.69, 9.17) is 9.47 Å². The van der Waals surface area contributed by atoms with Gasteiger partial charge < -0.3 is 19.7 Å². The summed E-state index contributed by atoms with van der Waals surface area (Å²) in [6.07, 6.45) is 5.23. The van der Waals surface area contributed by atoms with Crippen LogP contribution in [0.15, 0.2) is 60.7 Å². The Morgan fingerprint density at radius 3 is 2.90 bits per heavy atom. The first-order valence-corrected chi connectivity index (χ1v) is 9.48. The molecule has 2 heterocycles. The van der Waals surface area contributed by atoms with E-state index in [0.717, 1.165) is 22.7 Å². The first kappa shape index (κ1) is 20.2. The average Bonchev–Trinajstić information content (AvgIpc) is 3.15. The molecule has 3 rings (SSSR count). The molecule has 1 aromatic heterocycles. The quantitative estimate of drug-likeness (QED) is 0.306. The van der Waals surface area contributed by atoms with Crippen LogP contribution in [0.1, 0.15) is 10.4 Å². The van der Waals surface area contributed by atoms with Gasteiger partial charge in [0.25, 0.3) is 0 Å². The Hall–Kier alpha value is -3.59. The molecule has 0 saturated carbocycles. The molecule has 0 aliphatic carbocycles. The summed E-state index contributed by atoms with van der Waals surface area (Å²) >= 11 is 0.861. The fraction of sp³-hybridized carbons (Fsp3) is 0.150. The third kappa shape index (κ3) is 3.99. The summed E-state index contributed by atoms with van der Waals surface area (Å²) in [6.45, 7) is 8.68. The van der Waals surface area contributed by atoms with Crippen LogP contribution in [0.25, 0.3) is 0 Å². The molecule has 0 spiro atoms. The van der Waals surface area contributed by atoms with Crippen LogP contribution in [0.5, 0.6) is 5.75 Å². The number of allylic oxidation sites excluding steroid dienone is 3. The number of thiophene rings is 1. The Kier molecular flexibility index (Phi) is 5.99. The zero-order valence-corrected chi connectivity index (χ0v) is 16.5. The monoisotopic (exact) mass is 413 g/mol. The Morgan fingerprint density at radius 1 is 1.45 bits per heavy atom. The number of methoxy groups -OCH3 is 1. The molecule has 0 fully saturated rings. The SMILES string of the molecule is C=C/C=C(\C=C)N1CCOc2ccc(Nc3c(C(=O)OC)csc3[N+](=O)[O-])cc21. The zero-order chi connectivity index (χ0) is 21.0. The largest absolute Gasteiger partial charge is 0.490 e. The summed E-state index contributed by atoms with van der Waals surface area (Å²) in [5.74, 6) is 0.0225. The first-order chi connectivity index (χ1) is 14.0. The number of hydrogen-bond donors (Lipinski definition) is 1. The number of nitrogens with zero attached hydrogens (tertiary/aromatic N) is 2. The number of esters is 1. The third-order valence-electron chi connectivity index (χ3n) is 4.24. The molecule has 1 aliphatic heterocycles. The molecule has 1 aliphatic rings. The molecule has 8 nitrogen and oxygen atoms in total. The first-order valence-electron chi connectivity index (χ1n) is 8.61. The topological polar surface area (TPSA) is 93.9 Å². The number of fused-ring (bicyclic) bond motifs is 1. The fourth-order valence-corrected chi connectivity index (χ4v) is 3.77. The molecular formula is C20H19N3O5S. The molecule has 0 radical (unpaired) electrons. The highest BCUT2D eigenvalue weighted by molar-refractivity contribution is 7.14. The van der Waals surface area contributed by atoms with E-state index >= 15 is 0 Å². The van der Waals surface area contributed by atoms with Gasteiger partial charge in [-0.25, -0.2) is 4.79 Å². The maximum atomic E-state index is 12.0. The third-order valence-corrected chi connectivity index (χ3v) is 5.17. The summed E-state index contributed by atoms with van der Waals surface area (Å²) in [5, 5.41) is 15.6. The Balaban J connectivity index is 2.03. The Morgan fingerprint density at radius 2 is 2.24 bits per heavy atom. The van der Waals surface area contributed by atoms with Crippen LogP contribution in [0.2, 0.25) is 0 Å². The van der Waals surface area contributed by atoms with E-state index in [2.05, 4.69) is 18.5 Å². The van der Waals surface area contributed by atoms with Crippen LogP contribution < -0.4 is 15.0 Å². The fourth-order valence-electron chi connectivity index (χ4n) is 2.96. The lowest BCUT2D eigenvalue weighted by molar-refractivity contribution is -0.379. The highest BCUT2D eigenvalue weighted by atomic mass is 32.1. The number of benzene rings is 1. The van der Waals surface area contributed by atoms with E-state index in [1.54, 1.807) is 30.4 Å². The predicted molar refractivity (Wildman–Crippen MR) is 113 cm³/mol. The van der Waals surface area contributed by atoms with Gasteiger partial charge in [0, 0.05) is 16.8 Å². The highest BCUT2D eigenvalue weighted by Crippen LogP contribution is 2.41. The van der Waals surface area contributed by atoms with Crippen LogP contribution in [-0.2, 0) is 4.74 Å². The smallest absolute Gasteiger partial charge is 0.348 e. The maximum absolute atomic E-state index is 12.0. The number of carbonyl (C=O) groups is 1. The minimum atomic E-state index is -0.650. The minimum absolute atomic E-state index is 0.0978. The van der Waals surface area contributed by atoms with Crippen molar-refractivity contribution in [2.24, 2.45) is 0 Å². The van der Waals surface area contributed by atoms with Crippen molar-refractivity contribution in [3.63, 3.8) is 0 Å². The van der Waals surface area contributed by atoms with Gasteiger partial charge in [-0.3, -0.25) is 10.1 Å². The maximum Gasteiger partial charge on any atom is 0.348 e. The predicted octanol–water partition coefficient (Wildman–Crippen LogP) is 4.64. The van der Waals surface area contributed by atoms with E-state index in [1.807, 2.05) is 11.0 Å². The second kappa shape index (κ2) is 8.61. The van der Waals surface area contributed by atoms with Gasteiger partial charge in [0.05, 0.1) is 24.3 Å². The molecule has 1 N–H and O–H groups in total. The molecule has 9 heteroatoms. The average molecular weight is 413 g/mol. The van der Waals surface area contributed by atoms with Crippen molar-refractivity contribution < 1.29 is 19.2 Å². The second-order valence-corrected chi connectivity index (χ2v) is 6.78. The molecule has 0 amide bonds. The normalized spacial score (nSPS) is 13.1. The molecule has 0 bridgehead atoms. The lowest BCUT2D eigenvalue weighted by Crippen LogP contribution is -2.31. The lowest BCUT2D eigenvalue weighted by atomic mass is 10.1. The van der Waals surface area contributed by atoms with E-state index in [-0.39, 0.29) is 16.3 Å². The van der Waals surface area contributed by atoms with E-state index in [9.17, 15) is 14.9 Å². The molecule has 0 atom stereocenters. The molecule has 150 valence electrons. The van der Waals surface area contributed by atoms with Crippen molar-refractivity contribution in [2.75, 3.05) is 30.5 Å². The molecule has 29 heavy (non-hydrogen) atoms. The van der Waals surface area contributed by atoms with Crippen LogP contribution >= 0.6 is 11.3 Å². The van der Waals surface area contributed by atoms with Gasteiger partial charge in [0.1, 0.15) is 23.6 Å². The van der Waals surface area contributed by atoms with Gasteiger partial charge in [-0.15, -0.1) is 0 Å². The van der Waals surface area contributed by atoms with Gasteiger partial charge in [0.2, 0.25) is 0 Å². The molecule has 1 aromatic carbocycles. The van der Waals surface area contributed by atoms with Gasteiger partial charge >= 0.3 is 11.0 Å². The Labute approximate surface area is 171 Å². The summed E-state index contributed by atoms with van der Waals surface area (Å²) in [5.41, 5.74) is 2.38. The molecular weight excluding hydrogens is 394 g/mol. The number of nitrogens with one attached hydrogen (secondary N) is 1. The van der Waals surface area contributed by atoms with Gasteiger partial charge in [0.15, 0.2) is 0 Å². The summed E-state index contributed by atoms with van der Waals surface area (Å²) in [7, 11) is 1.23. The van der Waals surface area contributed by atoms with E-state index in [0.29, 0.717) is 24.6 Å². The number of nitro groups is 1. The highest BCUT2D eigenvalue weighted by Gasteiger charge is 2.27. The van der Waals surface area contributed by atoms with Crippen LogP contribution in [0.3, 0.4) is 0 Å². The molecule has 0 saturated heterocycles. The van der Waals surface area contributed by atoms with Crippen molar-refractivity contribution in [1.29, 1.82) is 0 Å². The minimum Gasteiger partial charge on any atom is -0.490 e. The molecule has 0 unspecified atom stereocenters. The van der Waals surface area contributed by atoms with Crippen molar-refractivity contribution in [3.05, 3.63) is 76.3 Å². The summed E-state index contributed by atoms with van der Waals surface area (Å²) < 4.78 is 10.5. The van der Waals surface area contributed by atoms with Gasteiger partial charge in [-0.1, -0.05) is 30.6 Å². The summed E-state index contributed by atoms with van der Waals surface area (Å²) in [6, 6.07) is 5.31. The van der Waals surface area contributed by atoms with Crippen molar-refractivity contribution in [2.45, 2.75) is 0 Å². The van der Waals surface area contributed by atoms with Crippen LogP contribution in [-0.4, -0.2) is 31.2 Å². The number of rotatable bonds is 7. The zero-order valence-electron chi connectivity index (χ0n) is 15.7. The number of ether oxygens (including phenoxy) is 2.